The van der Waals surface area contributed by atoms with Crippen LogP contribution in [0, 0.1) is 11.2 Å². The number of amides is 2. The number of hydrogen-bond donors (Lipinski definition) is 2. The van der Waals surface area contributed by atoms with Crippen LogP contribution in [-0.4, -0.2) is 47.9 Å². The molecular weight excluding hydrogens is 369 g/mol. The van der Waals surface area contributed by atoms with E-state index in [1.807, 2.05) is 20.8 Å². The summed E-state index contributed by atoms with van der Waals surface area (Å²) in [4.78, 5) is 26.6. The fourth-order valence-electron chi connectivity index (χ4n) is 3.85. The van der Waals surface area contributed by atoms with Crippen LogP contribution >= 0.6 is 11.6 Å². The quantitative estimate of drug-likeness (QED) is 0.823. The second-order valence-electron chi connectivity index (χ2n) is 8.82. The summed E-state index contributed by atoms with van der Waals surface area (Å²) >= 11 is 5.83. The van der Waals surface area contributed by atoms with Crippen molar-refractivity contribution in [2.75, 3.05) is 19.6 Å². The smallest absolute Gasteiger partial charge is 0.251 e. The van der Waals surface area contributed by atoms with Gasteiger partial charge in [0.05, 0.1) is 6.54 Å². The van der Waals surface area contributed by atoms with Crippen molar-refractivity contribution in [3.8, 4) is 0 Å². The minimum atomic E-state index is -0.514. The van der Waals surface area contributed by atoms with Crippen LogP contribution in [0.5, 0.6) is 0 Å². The molecule has 2 N–H and O–H groups in total. The van der Waals surface area contributed by atoms with Gasteiger partial charge >= 0.3 is 0 Å². The van der Waals surface area contributed by atoms with E-state index in [4.69, 9.17) is 11.6 Å². The number of halogens is 2. The summed E-state index contributed by atoms with van der Waals surface area (Å²) in [5.74, 6) is -0.757. The van der Waals surface area contributed by atoms with Gasteiger partial charge in [0.1, 0.15) is 5.82 Å². The lowest BCUT2D eigenvalue weighted by molar-refractivity contribution is -0.124. The van der Waals surface area contributed by atoms with Crippen molar-refractivity contribution < 1.29 is 14.0 Å². The molecule has 2 amide bonds. The molecular formula is C20H27ClFN3O2. The summed E-state index contributed by atoms with van der Waals surface area (Å²) in [6, 6.07) is 3.97. The van der Waals surface area contributed by atoms with E-state index >= 15 is 0 Å². The van der Waals surface area contributed by atoms with Crippen LogP contribution in [0.15, 0.2) is 18.2 Å². The zero-order valence-electron chi connectivity index (χ0n) is 16.1. The van der Waals surface area contributed by atoms with E-state index in [0.29, 0.717) is 6.54 Å². The van der Waals surface area contributed by atoms with Gasteiger partial charge in [-0.25, -0.2) is 4.39 Å². The predicted molar refractivity (Wildman–Crippen MR) is 103 cm³/mol. The van der Waals surface area contributed by atoms with Crippen LogP contribution in [-0.2, 0) is 4.79 Å². The average molecular weight is 396 g/mol. The molecule has 1 atom stereocenters. The number of carbonyl (C=O) groups is 2. The lowest BCUT2D eigenvalue weighted by atomic mass is 9.92. The van der Waals surface area contributed by atoms with Crippen LogP contribution in [0.25, 0.3) is 0 Å². The molecule has 1 unspecified atom stereocenters. The summed E-state index contributed by atoms with van der Waals surface area (Å²) < 4.78 is 13.4. The highest BCUT2D eigenvalue weighted by atomic mass is 35.5. The molecule has 0 radical (unpaired) electrons. The van der Waals surface area contributed by atoms with Crippen LogP contribution in [0.4, 0.5) is 4.39 Å². The summed E-state index contributed by atoms with van der Waals surface area (Å²) in [5.41, 5.74) is 0.141. The molecule has 1 saturated carbocycles. The minimum absolute atomic E-state index is 0.0436. The van der Waals surface area contributed by atoms with Crippen molar-refractivity contribution in [1.82, 2.24) is 15.5 Å². The number of likely N-dealkylation sites (tertiary alicyclic amines) is 1. The first-order valence-electron chi connectivity index (χ1n) is 9.37. The summed E-state index contributed by atoms with van der Waals surface area (Å²) in [6.07, 6.45) is 2.83. The number of nitrogens with zero attached hydrogens (tertiary/aromatic N) is 1. The first-order chi connectivity index (χ1) is 12.6. The Bertz CT molecular complexity index is 719. The second-order valence-corrected chi connectivity index (χ2v) is 9.26. The van der Waals surface area contributed by atoms with Crippen molar-refractivity contribution in [3.63, 3.8) is 0 Å². The van der Waals surface area contributed by atoms with Gasteiger partial charge in [-0.1, -0.05) is 11.6 Å². The van der Waals surface area contributed by atoms with Crippen LogP contribution in [0.1, 0.15) is 50.4 Å². The Morgan fingerprint density at radius 2 is 1.93 bits per heavy atom. The van der Waals surface area contributed by atoms with E-state index in [1.165, 1.54) is 18.2 Å². The summed E-state index contributed by atoms with van der Waals surface area (Å²) in [7, 11) is 0. The van der Waals surface area contributed by atoms with E-state index in [9.17, 15) is 14.0 Å². The molecule has 1 aromatic rings. The number of rotatable bonds is 4. The van der Waals surface area contributed by atoms with Crippen LogP contribution < -0.4 is 10.6 Å². The molecule has 0 bridgehead atoms. The Morgan fingerprint density at radius 1 is 1.26 bits per heavy atom. The summed E-state index contributed by atoms with van der Waals surface area (Å²) in [5, 5.41) is 6.21. The minimum Gasteiger partial charge on any atom is -0.350 e. The largest absolute Gasteiger partial charge is 0.350 e. The van der Waals surface area contributed by atoms with Gasteiger partial charge in [0, 0.05) is 22.2 Å². The number of hydrogen-bond acceptors (Lipinski definition) is 3. The molecule has 0 aromatic heterocycles. The molecule has 5 nitrogen and oxygen atoms in total. The highest BCUT2D eigenvalue weighted by Gasteiger charge is 2.55. The molecule has 1 aliphatic carbocycles. The van der Waals surface area contributed by atoms with Gasteiger partial charge < -0.3 is 10.6 Å². The van der Waals surface area contributed by atoms with Gasteiger partial charge in [0.15, 0.2) is 0 Å². The van der Waals surface area contributed by atoms with E-state index in [0.717, 1.165) is 32.4 Å². The zero-order valence-corrected chi connectivity index (χ0v) is 16.8. The van der Waals surface area contributed by atoms with E-state index < -0.39 is 5.82 Å². The average Bonchev–Trinajstić information content (AvgIpc) is 3.18. The van der Waals surface area contributed by atoms with Crippen molar-refractivity contribution >= 4 is 23.4 Å². The SMILES string of the molecule is CC(C)(C)NC(=O)CN1CCC2(CC1)CC2NC(=O)c1cc(F)cc(Cl)c1. The third-order valence-electron chi connectivity index (χ3n) is 5.35. The Morgan fingerprint density at radius 3 is 2.52 bits per heavy atom. The molecule has 1 aliphatic heterocycles. The monoisotopic (exact) mass is 395 g/mol. The maximum Gasteiger partial charge on any atom is 0.251 e. The highest BCUT2D eigenvalue weighted by Crippen LogP contribution is 2.53. The molecule has 1 saturated heterocycles. The Kier molecular flexibility index (Phi) is 5.50. The lowest BCUT2D eigenvalue weighted by Gasteiger charge is -2.33. The molecule has 27 heavy (non-hydrogen) atoms. The van der Waals surface area contributed by atoms with Crippen molar-refractivity contribution in [2.45, 2.75) is 51.6 Å². The molecule has 148 valence electrons. The van der Waals surface area contributed by atoms with Gasteiger partial charge in [-0.05, 0) is 76.7 Å². The first-order valence-corrected chi connectivity index (χ1v) is 9.74. The second kappa shape index (κ2) is 7.40. The van der Waals surface area contributed by atoms with Crippen LogP contribution in [0.3, 0.4) is 0 Å². The van der Waals surface area contributed by atoms with Gasteiger partial charge in [0.2, 0.25) is 5.91 Å². The van der Waals surface area contributed by atoms with Gasteiger partial charge in [-0.15, -0.1) is 0 Å². The molecule has 2 fully saturated rings. The third kappa shape index (κ3) is 5.20. The Balaban J connectivity index is 1.48. The zero-order chi connectivity index (χ0) is 19.8. The molecule has 1 spiro atoms. The maximum atomic E-state index is 13.4. The van der Waals surface area contributed by atoms with Crippen molar-refractivity contribution in [2.24, 2.45) is 5.41 Å². The van der Waals surface area contributed by atoms with Crippen molar-refractivity contribution in [3.05, 3.63) is 34.6 Å². The molecule has 1 aromatic carbocycles. The molecule has 1 heterocycles. The molecule has 2 aliphatic rings. The lowest BCUT2D eigenvalue weighted by Crippen LogP contribution is -2.48. The predicted octanol–water partition coefficient (Wildman–Crippen LogP) is 2.98. The number of carbonyl (C=O) groups excluding carboxylic acids is 2. The Labute approximate surface area is 164 Å². The van der Waals surface area contributed by atoms with Gasteiger partial charge in [0.25, 0.3) is 5.91 Å². The van der Waals surface area contributed by atoms with E-state index in [1.54, 1.807) is 0 Å². The molecule has 7 heteroatoms. The first kappa shape index (κ1) is 20.1. The van der Waals surface area contributed by atoms with Gasteiger partial charge in [-0.2, -0.15) is 0 Å². The summed E-state index contributed by atoms with van der Waals surface area (Å²) in [6.45, 7) is 8.01. The molecule has 3 rings (SSSR count). The number of piperidine rings is 1. The topological polar surface area (TPSA) is 61.4 Å². The number of benzene rings is 1. The normalized spacial score (nSPS) is 21.7. The number of nitrogens with one attached hydrogen (secondary N) is 2. The van der Waals surface area contributed by atoms with Gasteiger partial charge in [-0.3, -0.25) is 14.5 Å². The Hall–Kier alpha value is -1.66. The van der Waals surface area contributed by atoms with Crippen LogP contribution in [0.2, 0.25) is 5.02 Å². The standard InChI is InChI=1S/C20H27ClFN3O2/c1-19(2,3)24-17(26)12-25-6-4-20(5-7-25)11-16(20)23-18(27)13-8-14(21)10-15(22)9-13/h8-10,16H,4-7,11-12H2,1-3H3,(H,23,27)(H,24,26). The highest BCUT2D eigenvalue weighted by molar-refractivity contribution is 6.31. The van der Waals surface area contributed by atoms with Crippen molar-refractivity contribution in [1.29, 1.82) is 0 Å². The third-order valence-corrected chi connectivity index (χ3v) is 5.57. The van der Waals surface area contributed by atoms with E-state index in [2.05, 4.69) is 15.5 Å². The maximum absolute atomic E-state index is 13.4. The fraction of sp³-hybridized carbons (Fsp3) is 0.600. The fourth-order valence-corrected chi connectivity index (χ4v) is 4.07. The van der Waals surface area contributed by atoms with E-state index in [-0.39, 0.29) is 39.4 Å².